The predicted octanol–water partition coefficient (Wildman–Crippen LogP) is 0.769. The van der Waals surface area contributed by atoms with Crippen molar-refractivity contribution in [3.8, 4) is 0 Å². The molecule has 0 unspecified atom stereocenters. The molecule has 3 heterocycles. The molecule has 0 bridgehead atoms. The van der Waals surface area contributed by atoms with Gasteiger partial charge in [0.15, 0.2) is 0 Å². The van der Waals surface area contributed by atoms with E-state index in [-0.39, 0.29) is 42.0 Å². The molecule has 0 aromatic heterocycles. The monoisotopic (exact) mass is 478 g/mol. The quantitative estimate of drug-likeness (QED) is 0.671. The van der Waals surface area contributed by atoms with Crippen LogP contribution in [0.5, 0.6) is 0 Å². The van der Waals surface area contributed by atoms with Gasteiger partial charge in [-0.3, -0.25) is 14.5 Å². The Hall–Kier alpha value is -2.01. The maximum Gasteiger partial charge on any atom is 0.253 e. The number of rotatable bonds is 5. The van der Waals surface area contributed by atoms with Gasteiger partial charge in [-0.2, -0.15) is 4.31 Å². The highest BCUT2D eigenvalue weighted by Crippen LogP contribution is 2.23. The van der Waals surface area contributed by atoms with Gasteiger partial charge in [-0.1, -0.05) is 0 Å². The van der Waals surface area contributed by atoms with E-state index in [1.807, 2.05) is 4.90 Å². The zero-order chi connectivity index (χ0) is 23.6. The van der Waals surface area contributed by atoms with Gasteiger partial charge in [0.25, 0.3) is 5.91 Å². The highest BCUT2D eigenvalue weighted by Gasteiger charge is 2.30. The van der Waals surface area contributed by atoms with Crippen LogP contribution >= 0.6 is 0 Å². The molecular weight excluding hydrogens is 444 g/mol. The van der Waals surface area contributed by atoms with Crippen molar-refractivity contribution in [1.82, 2.24) is 19.4 Å². The number of sulfonamides is 1. The number of ether oxygens (including phenoxy) is 1. The molecular formula is C23H34N4O5S. The number of hydrogen-bond acceptors (Lipinski definition) is 6. The molecule has 10 heteroatoms. The number of piperazine rings is 1. The standard InChI is InChI=1S/C23H34N4O5S/c1-17-13-25(14-18(2)32-17)15-19-7-10-26(11-8-19)23(29)20-3-5-21(6-4-20)33(30,31)27-12-9-24-22(28)16-27/h3-6,17-19H,7-16H2,1-2H3,(H,24,28)/t17-,18-/m1/s1. The summed E-state index contributed by atoms with van der Waals surface area (Å²) in [5, 5.41) is 2.62. The minimum Gasteiger partial charge on any atom is -0.373 e. The summed E-state index contributed by atoms with van der Waals surface area (Å²) in [6.07, 6.45) is 2.45. The van der Waals surface area contributed by atoms with Crippen LogP contribution < -0.4 is 5.32 Å². The number of carbonyl (C=O) groups is 2. The summed E-state index contributed by atoms with van der Waals surface area (Å²) in [6.45, 7) is 8.97. The van der Waals surface area contributed by atoms with Crippen LogP contribution in [0.3, 0.4) is 0 Å². The van der Waals surface area contributed by atoms with Crippen molar-refractivity contribution in [1.29, 1.82) is 0 Å². The summed E-state index contributed by atoms with van der Waals surface area (Å²) in [5.74, 6) is 0.196. The maximum absolute atomic E-state index is 13.0. The second-order valence-electron chi connectivity index (χ2n) is 9.42. The van der Waals surface area contributed by atoms with Gasteiger partial charge in [0, 0.05) is 51.4 Å². The van der Waals surface area contributed by atoms with Crippen LogP contribution in [0.1, 0.15) is 37.0 Å². The number of piperidine rings is 1. The lowest BCUT2D eigenvalue weighted by Gasteiger charge is -2.39. The van der Waals surface area contributed by atoms with E-state index in [1.165, 1.54) is 16.4 Å². The lowest BCUT2D eigenvalue weighted by atomic mass is 9.95. The number of nitrogens with one attached hydrogen (secondary N) is 1. The first-order chi connectivity index (χ1) is 15.7. The number of amides is 2. The number of carbonyl (C=O) groups excluding carboxylic acids is 2. The van der Waals surface area contributed by atoms with Gasteiger partial charge < -0.3 is 15.0 Å². The summed E-state index contributed by atoms with van der Waals surface area (Å²) in [4.78, 5) is 29.0. The van der Waals surface area contributed by atoms with E-state index in [0.29, 0.717) is 31.1 Å². The minimum atomic E-state index is -3.76. The Balaban J connectivity index is 1.31. The second kappa shape index (κ2) is 10.1. The van der Waals surface area contributed by atoms with E-state index in [9.17, 15) is 18.0 Å². The van der Waals surface area contributed by atoms with Gasteiger partial charge in [-0.05, 0) is 56.9 Å². The number of likely N-dealkylation sites (tertiary alicyclic amines) is 1. The Morgan fingerprint density at radius 2 is 1.70 bits per heavy atom. The van der Waals surface area contributed by atoms with Crippen molar-refractivity contribution in [3.05, 3.63) is 29.8 Å². The Kier molecular flexibility index (Phi) is 7.37. The number of hydrogen-bond donors (Lipinski definition) is 1. The van der Waals surface area contributed by atoms with E-state index in [0.717, 1.165) is 32.5 Å². The van der Waals surface area contributed by atoms with Gasteiger partial charge >= 0.3 is 0 Å². The van der Waals surface area contributed by atoms with Crippen molar-refractivity contribution in [2.75, 3.05) is 52.4 Å². The van der Waals surface area contributed by atoms with Gasteiger partial charge in [0.05, 0.1) is 23.6 Å². The smallest absolute Gasteiger partial charge is 0.253 e. The third-order valence-electron chi connectivity index (χ3n) is 6.66. The summed E-state index contributed by atoms with van der Waals surface area (Å²) < 4.78 is 32.6. The fourth-order valence-corrected chi connectivity index (χ4v) is 6.44. The molecule has 3 fully saturated rings. The average Bonchev–Trinajstić information content (AvgIpc) is 2.78. The first kappa shape index (κ1) is 24.1. The SMILES string of the molecule is C[C@@H]1CN(CC2CCN(C(=O)c3ccc(S(=O)(=O)N4CCNC(=O)C4)cc3)CC2)C[C@@H](C)O1. The summed E-state index contributed by atoms with van der Waals surface area (Å²) in [6, 6.07) is 6.06. The van der Waals surface area contributed by atoms with Crippen molar-refractivity contribution in [3.63, 3.8) is 0 Å². The van der Waals surface area contributed by atoms with Crippen LogP contribution in [0.15, 0.2) is 29.2 Å². The van der Waals surface area contributed by atoms with E-state index in [2.05, 4.69) is 24.1 Å². The van der Waals surface area contributed by atoms with Gasteiger partial charge in [-0.15, -0.1) is 0 Å². The van der Waals surface area contributed by atoms with E-state index >= 15 is 0 Å². The van der Waals surface area contributed by atoms with Crippen LogP contribution in [0.4, 0.5) is 0 Å². The van der Waals surface area contributed by atoms with Crippen LogP contribution in [-0.2, 0) is 19.6 Å². The predicted molar refractivity (Wildman–Crippen MR) is 123 cm³/mol. The topological polar surface area (TPSA) is 99.3 Å². The van der Waals surface area contributed by atoms with Crippen LogP contribution in [0, 0.1) is 5.92 Å². The van der Waals surface area contributed by atoms with Crippen LogP contribution in [0.25, 0.3) is 0 Å². The maximum atomic E-state index is 13.0. The average molecular weight is 479 g/mol. The molecule has 33 heavy (non-hydrogen) atoms. The van der Waals surface area contributed by atoms with Gasteiger partial charge in [-0.25, -0.2) is 8.42 Å². The van der Waals surface area contributed by atoms with E-state index in [4.69, 9.17) is 4.74 Å². The normalized spacial score (nSPS) is 26.2. The van der Waals surface area contributed by atoms with Crippen LogP contribution in [-0.4, -0.2) is 98.9 Å². The molecule has 3 saturated heterocycles. The molecule has 2 amide bonds. The molecule has 1 N–H and O–H groups in total. The van der Waals surface area contributed by atoms with Gasteiger partial charge in [0.2, 0.25) is 15.9 Å². The Morgan fingerprint density at radius 3 is 2.30 bits per heavy atom. The fourth-order valence-electron chi connectivity index (χ4n) is 5.04. The molecule has 3 aliphatic rings. The lowest BCUT2D eigenvalue weighted by Crippen LogP contribution is -2.49. The summed E-state index contributed by atoms with van der Waals surface area (Å²) in [5.41, 5.74) is 0.486. The third-order valence-corrected chi connectivity index (χ3v) is 8.52. The molecule has 0 saturated carbocycles. The molecule has 2 atom stereocenters. The fraction of sp³-hybridized carbons (Fsp3) is 0.652. The highest BCUT2D eigenvalue weighted by atomic mass is 32.2. The number of nitrogens with zero attached hydrogens (tertiary/aromatic N) is 3. The number of morpholine rings is 1. The van der Waals surface area contributed by atoms with E-state index < -0.39 is 10.0 Å². The first-order valence-corrected chi connectivity index (χ1v) is 13.2. The summed E-state index contributed by atoms with van der Waals surface area (Å²) in [7, 11) is -3.76. The Labute approximate surface area is 196 Å². The zero-order valence-corrected chi connectivity index (χ0v) is 20.2. The van der Waals surface area contributed by atoms with Crippen molar-refractivity contribution in [2.45, 2.75) is 43.8 Å². The lowest BCUT2D eigenvalue weighted by molar-refractivity contribution is -0.122. The molecule has 0 aliphatic carbocycles. The molecule has 182 valence electrons. The number of benzene rings is 1. The Bertz CT molecular complexity index is 950. The largest absolute Gasteiger partial charge is 0.373 e. The molecule has 1 aromatic carbocycles. The highest BCUT2D eigenvalue weighted by molar-refractivity contribution is 7.89. The van der Waals surface area contributed by atoms with Crippen molar-refractivity contribution in [2.24, 2.45) is 5.92 Å². The molecule has 3 aliphatic heterocycles. The van der Waals surface area contributed by atoms with Crippen molar-refractivity contribution >= 4 is 21.8 Å². The van der Waals surface area contributed by atoms with Crippen molar-refractivity contribution < 1.29 is 22.7 Å². The minimum absolute atomic E-state index is 0.0663. The summed E-state index contributed by atoms with van der Waals surface area (Å²) >= 11 is 0. The first-order valence-electron chi connectivity index (χ1n) is 11.8. The zero-order valence-electron chi connectivity index (χ0n) is 19.4. The molecule has 9 nitrogen and oxygen atoms in total. The molecule has 0 radical (unpaired) electrons. The Morgan fingerprint density at radius 1 is 1.06 bits per heavy atom. The molecule has 4 rings (SSSR count). The second-order valence-corrected chi connectivity index (χ2v) is 11.4. The van der Waals surface area contributed by atoms with Gasteiger partial charge in [0.1, 0.15) is 0 Å². The molecule has 1 aromatic rings. The van der Waals surface area contributed by atoms with E-state index in [1.54, 1.807) is 12.1 Å². The molecule has 0 spiro atoms. The third kappa shape index (κ3) is 5.74. The van der Waals surface area contributed by atoms with Crippen LogP contribution in [0.2, 0.25) is 0 Å².